The van der Waals surface area contributed by atoms with Gasteiger partial charge in [0.15, 0.2) is 3.95 Å². The van der Waals surface area contributed by atoms with E-state index < -0.39 is 0 Å². The molecule has 1 aromatic carbocycles. The SMILES string of the molecule is CCOC(=O)c1[nH]c(=S)sc1-c1ccc(C)cc1. The topological polar surface area (TPSA) is 42.1 Å². The number of aromatic nitrogens is 1. The highest BCUT2D eigenvalue weighted by atomic mass is 32.1. The van der Waals surface area contributed by atoms with Gasteiger partial charge < -0.3 is 9.72 Å². The van der Waals surface area contributed by atoms with Gasteiger partial charge in [-0.25, -0.2) is 4.79 Å². The van der Waals surface area contributed by atoms with Gasteiger partial charge in [0.1, 0.15) is 5.69 Å². The molecule has 0 aliphatic heterocycles. The quantitative estimate of drug-likeness (QED) is 0.683. The Labute approximate surface area is 114 Å². The molecule has 0 fully saturated rings. The molecule has 0 atom stereocenters. The summed E-state index contributed by atoms with van der Waals surface area (Å²) in [5.41, 5.74) is 2.59. The fourth-order valence-electron chi connectivity index (χ4n) is 1.58. The van der Waals surface area contributed by atoms with Crippen LogP contribution < -0.4 is 0 Å². The van der Waals surface area contributed by atoms with Gasteiger partial charge in [0.05, 0.1) is 11.5 Å². The molecule has 0 radical (unpaired) electrons. The van der Waals surface area contributed by atoms with E-state index in [1.165, 1.54) is 16.9 Å². The van der Waals surface area contributed by atoms with E-state index in [4.69, 9.17) is 17.0 Å². The lowest BCUT2D eigenvalue weighted by Gasteiger charge is -2.03. The Bertz CT molecular complexity index is 611. The molecule has 1 heterocycles. The molecule has 5 heteroatoms. The summed E-state index contributed by atoms with van der Waals surface area (Å²) in [6.07, 6.45) is 0. The minimum Gasteiger partial charge on any atom is -0.461 e. The number of hydrogen-bond donors (Lipinski definition) is 1. The zero-order chi connectivity index (χ0) is 13.1. The largest absolute Gasteiger partial charge is 0.461 e. The molecule has 0 saturated heterocycles. The number of benzene rings is 1. The molecule has 0 saturated carbocycles. The van der Waals surface area contributed by atoms with Crippen molar-refractivity contribution in [1.29, 1.82) is 0 Å². The van der Waals surface area contributed by atoms with E-state index in [1.807, 2.05) is 31.2 Å². The Morgan fingerprint density at radius 1 is 1.39 bits per heavy atom. The first-order valence-corrected chi connectivity index (χ1v) is 6.81. The summed E-state index contributed by atoms with van der Waals surface area (Å²) in [5, 5.41) is 0. The van der Waals surface area contributed by atoms with E-state index in [1.54, 1.807) is 6.92 Å². The van der Waals surface area contributed by atoms with E-state index in [0.29, 0.717) is 16.3 Å². The third-order valence-electron chi connectivity index (χ3n) is 2.44. The van der Waals surface area contributed by atoms with Gasteiger partial charge in [0.25, 0.3) is 0 Å². The lowest BCUT2D eigenvalue weighted by Crippen LogP contribution is -2.06. The fourth-order valence-corrected chi connectivity index (χ4v) is 2.76. The number of aromatic amines is 1. The van der Waals surface area contributed by atoms with Crippen LogP contribution in [0, 0.1) is 10.9 Å². The first-order valence-electron chi connectivity index (χ1n) is 5.59. The van der Waals surface area contributed by atoms with Gasteiger partial charge >= 0.3 is 5.97 Å². The molecule has 0 aliphatic carbocycles. The van der Waals surface area contributed by atoms with Gasteiger partial charge in [0, 0.05) is 0 Å². The van der Waals surface area contributed by atoms with Crippen molar-refractivity contribution >= 4 is 29.5 Å². The number of hydrogen-bond acceptors (Lipinski definition) is 4. The number of carbonyl (C=O) groups is 1. The molecule has 1 N–H and O–H groups in total. The minimum absolute atomic E-state index is 0.350. The number of esters is 1. The molecule has 0 spiro atoms. The van der Waals surface area contributed by atoms with Crippen molar-refractivity contribution < 1.29 is 9.53 Å². The van der Waals surface area contributed by atoms with Crippen LogP contribution in [0.3, 0.4) is 0 Å². The summed E-state index contributed by atoms with van der Waals surface area (Å²) >= 11 is 6.49. The molecule has 2 aromatic rings. The van der Waals surface area contributed by atoms with Gasteiger partial charge in [0.2, 0.25) is 0 Å². The van der Waals surface area contributed by atoms with Gasteiger partial charge in [-0.3, -0.25) is 0 Å². The number of H-pyrrole nitrogens is 1. The third kappa shape index (κ3) is 2.68. The van der Waals surface area contributed by atoms with Crippen LogP contribution in [0.15, 0.2) is 24.3 Å². The molecular weight excluding hydrogens is 266 g/mol. The van der Waals surface area contributed by atoms with Crippen LogP contribution in [0.1, 0.15) is 23.0 Å². The van der Waals surface area contributed by atoms with Crippen molar-refractivity contribution in [3.05, 3.63) is 39.5 Å². The van der Waals surface area contributed by atoms with Crippen molar-refractivity contribution in [3.63, 3.8) is 0 Å². The molecule has 18 heavy (non-hydrogen) atoms. The van der Waals surface area contributed by atoms with Crippen molar-refractivity contribution in [2.75, 3.05) is 6.61 Å². The van der Waals surface area contributed by atoms with Crippen LogP contribution in [0.4, 0.5) is 0 Å². The number of carbonyl (C=O) groups excluding carboxylic acids is 1. The molecule has 94 valence electrons. The molecule has 0 unspecified atom stereocenters. The maximum atomic E-state index is 11.8. The summed E-state index contributed by atoms with van der Waals surface area (Å²) in [6, 6.07) is 7.97. The second-order valence-electron chi connectivity index (χ2n) is 3.81. The average Bonchev–Trinajstić information content (AvgIpc) is 2.73. The van der Waals surface area contributed by atoms with E-state index in [-0.39, 0.29) is 5.97 Å². The van der Waals surface area contributed by atoms with E-state index >= 15 is 0 Å². The highest BCUT2D eigenvalue weighted by Crippen LogP contribution is 2.29. The number of ether oxygens (including phenoxy) is 1. The third-order valence-corrected chi connectivity index (χ3v) is 3.73. The lowest BCUT2D eigenvalue weighted by molar-refractivity contribution is 0.0521. The predicted octanol–water partition coefficient (Wildman–Crippen LogP) is 3.96. The molecule has 0 bridgehead atoms. The van der Waals surface area contributed by atoms with Gasteiger partial charge in [-0.2, -0.15) is 0 Å². The molecule has 1 aromatic heterocycles. The maximum absolute atomic E-state index is 11.8. The summed E-state index contributed by atoms with van der Waals surface area (Å²) in [4.78, 5) is 15.6. The molecule has 2 rings (SSSR count). The van der Waals surface area contributed by atoms with Crippen LogP contribution in [0.2, 0.25) is 0 Å². The standard InChI is InChI=1S/C13H13NO2S2/c1-3-16-12(15)10-11(18-13(17)14-10)9-6-4-8(2)5-7-9/h4-7H,3H2,1-2H3,(H,14,17). The first-order chi connectivity index (χ1) is 8.61. The van der Waals surface area contributed by atoms with Crippen LogP contribution in [0.5, 0.6) is 0 Å². The van der Waals surface area contributed by atoms with Crippen molar-refractivity contribution in [3.8, 4) is 10.4 Å². The number of nitrogens with one attached hydrogen (secondary N) is 1. The Kier molecular flexibility index (Phi) is 3.93. The molecule has 0 amide bonds. The maximum Gasteiger partial charge on any atom is 0.356 e. The van der Waals surface area contributed by atoms with E-state index in [0.717, 1.165) is 10.4 Å². The second-order valence-corrected chi connectivity index (χ2v) is 5.49. The highest BCUT2D eigenvalue weighted by molar-refractivity contribution is 7.73. The monoisotopic (exact) mass is 279 g/mol. The van der Waals surface area contributed by atoms with Crippen LogP contribution in [0.25, 0.3) is 10.4 Å². The van der Waals surface area contributed by atoms with E-state index in [9.17, 15) is 4.79 Å². The highest BCUT2D eigenvalue weighted by Gasteiger charge is 2.17. The lowest BCUT2D eigenvalue weighted by atomic mass is 10.1. The predicted molar refractivity (Wildman–Crippen MR) is 75.6 cm³/mol. The van der Waals surface area contributed by atoms with Crippen molar-refractivity contribution in [2.24, 2.45) is 0 Å². The normalized spacial score (nSPS) is 10.3. The number of rotatable bonds is 3. The molecule has 0 aliphatic rings. The van der Waals surface area contributed by atoms with Crippen LogP contribution in [-0.2, 0) is 4.74 Å². The summed E-state index contributed by atoms with van der Waals surface area (Å²) in [7, 11) is 0. The smallest absolute Gasteiger partial charge is 0.356 e. The Morgan fingerprint density at radius 3 is 2.67 bits per heavy atom. The fraction of sp³-hybridized carbons (Fsp3) is 0.231. The Morgan fingerprint density at radius 2 is 2.06 bits per heavy atom. The average molecular weight is 279 g/mol. The Balaban J connectivity index is 2.47. The molecule has 3 nitrogen and oxygen atoms in total. The Hall–Kier alpha value is -1.46. The summed E-state index contributed by atoms with van der Waals surface area (Å²) < 4.78 is 5.59. The summed E-state index contributed by atoms with van der Waals surface area (Å²) in [5.74, 6) is -0.361. The second kappa shape index (κ2) is 5.46. The van der Waals surface area contributed by atoms with Crippen LogP contribution >= 0.6 is 23.6 Å². The van der Waals surface area contributed by atoms with Gasteiger partial charge in [-0.05, 0) is 31.6 Å². The first kappa shape index (κ1) is 13.0. The zero-order valence-corrected chi connectivity index (χ0v) is 11.8. The van der Waals surface area contributed by atoms with Gasteiger partial charge in [-0.15, -0.1) is 11.3 Å². The number of thiazole rings is 1. The summed E-state index contributed by atoms with van der Waals surface area (Å²) in [6.45, 7) is 4.15. The van der Waals surface area contributed by atoms with Crippen molar-refractivity contribution in [1.82, 2.24) is 4.98 Å². The number of aryl methyl sites for hydroxylation is 1. The van der Waals surface area contributed by atoms with Gasteiger partial charge in [-0.1, -0.05) is 29.8 Å². The molecular formula is C13H13NO2S2. The van der Waals surface area contributed by atoms with Crippen molar-refractivity contribution in [2.45, 2.75) is 13.8 Å². The van der Waals surface area contributed by atoms with E-state index in [2.05, 4.69) is 4.98 Å². The minimum atomic E-state index is -0.361. The van der Waals surface area contributed by atoms with Crippen LogP contribution in [-0.4, -0.2) is 17.6 Å². The zero-order valence-electron chi connectivity index (χ0n) is 10.1.